The van der Waals surface area contributed by atoms with Crippen molar-refractivity contribution in [1.82, 2.24) is 0 Å². The van der Waals surface area contributed by atoms with E-state index in [0.29, 0.717) is 6.42 Å². The van der Waals surface area contributed by atoms with E-state index in [-0.39, 0.29) is 11.3 Å². The molecule has 0 saturated carbocycles. The molecule has 0 aliphatic heterocycles. The van der Waals surface area contributed by atoms with Gasteiger partial charge in [-0.1, -0.05) is 31.6 Å². The average molecular weight is 278 g/mol. The molecule has 4 heteroatoms. The van der Waals surface area contributed by atoms with Crippen molar-refractivity contribution in [3.63, 3.8) is 0 Å². The van der Waals surface area contributed by atoms with Crippen LogP contribution in [0.3, 0.4) is 0 Å². The van der Waals surface area contributed by atoms with Gasteiger partial charge >= 0.3 is 11.9 Å². The lowest BCUT2D eigenvalue weighted by Crippen LogP contribution is -2.40. The van der Waals surface area contributed by atoms with Crippen LogP contribution < -0.4 is 0 Å². The first kappa shape index (κ1) is 14.8. The first-order valence-electron chi connectivity index (χ1n) is 6.83. The first-order chi connectivity index (χ1) is 9.26. The Balaban J connectivity index is 2.51. The fraction of sp³-hybridized carbons (Fsp3) is 0.625. The molecular weight excluding hydrogens is 256 g/mol. The van der Waals surface area contributed by atoms with Gasteiger partial charge in [0.15, 0.2) is 5.41 Å². The van der Waals surface area contributed by atoms with Crippen molar-refractivity contribution < 1.29 is 19.1 Å². The molecule has 0 heterocycles. The van der Waals surface area contributed by atoms with Gasteiger partial charge in [0, 0.05) is 0 Å². The van der Waals surface area contributed by atoms with Crippen LogP contribution in [0.2, 0.25) is 0 Å². The third kappa shape index (κ3) is 2.07. The Morgan fingerprint density at radius 1 is 1.20 bits per heavy atom. The van der Waals surface area contributed by atoms with Crippen LogP contribution in [-0.2, 0) is 19.1 Å². The number of carbonyl (C=O) groups excluding carboxylic acids is 2. The SMILES string of the molecule is COC(=O)C1(C(=O)OC)C=C2C=C(C)CC(C)(C)C2C1. The van der Waals surface area contributed by atoms with Crippen molar-refractivity contribution >= 4 is 11.9 Å². The van der Waals surface area contributed by atoms with Crippen molar-refractivity contribution in [2.75, 3.05) is 14.2 Å². The molecule has 0 aromatic rings. The summed E-state index contributed by atoms with van der Waals surface area (Å²) >= 11 is 0. The van der Waals surface area contributed by atoms with Crippen molar-refractivity contribution in [2.24, 2.45) is 16.7 Å². The topological polar surface area (TPSA) is 52.6 Å². The number of allylic oxidation sites excluding steroid dienone is 3. The summed E-state index contributed by atoms with van der Waals surface area (Å²) in [5.41, 5.74) is 1.05. The van der Waals surface area contributed by atoms with Gasteiger partial charge in [0.2, 0.25) is 0 Å². The molecule has 0 aromatic carbocycles. The minimum atomic E-state index is -1.29. The lowest BCUT2D eigenvalue weighted by molar-refractivity contribution is -0.165. The number of esters is 2. The van der Waals surface area contributed by atoms with Crippen LogP contribution in [0.4, 0.5) is 0 Å². The van der Waals surface area contributed by atoms with E-state index in [0.717, 1.165) is 12.0 Å². The summed E-state index contributed by atoms with van der Waals surface area (Å²) in [6, 6.07) is 0. The Morgan fingerprint density at radius 2 is 1.75 bits per heavy atom. The molecule has 0 radical (unpaired) electrons. The zero-order valence-corrected chi connectivity index (χ0v) is 12.8. The predicted octanol–water partition coefficient (Wildman–Crippen LogP) is 2.64. The van der Waals surface area contributed by atoms with E-state index in [1.54, 1.807) is 6.08 Å². The second kappa shape index (κ2) is 4.76. The molecule has 2 aliphatic rings. The van der Waals surface area contributed by atoms with E-state index in [4.69, 9.17) is 9.47 Å². The zero-order chi connectivity index (χ0) is 15.1. The molecule has 0 bridgehead atoms. The lowest BCUT2D eigenvalue weighted by atomic mass is 9.66. The maximum Gasteiger partial charge on any atom is 0.327 e. The van der Waals surface area contributed by atoms with E-state index < -0.39 is 17.4 Å². The smallest absolute Gasteiger partial charge is 0.327 e. The van der Waals surface area contributed by atoms with Gasteiger partial charge in [-0.05, 0) is 36.7 Å². The molecule has 0 N–H and O–H groups in total. The Hall–Kier alpha value is -1.58. The van der Waals surface area contributed by atoms with Crippen LogP contribution >= 0.6 is 0 Å². The number of hydrogen-bond donors (Lipinski definition) is 0. The van der Waals surface area contributed by atoms with Crippen LogP contribution in [0.1, 0.15) is 33.6 Å². The monoisotopic (exact) mass is 278 g/mol. The van der Waals surface area contributed by atoms with E-state index in [9.17, 15) is 9.59 Å². The molecule has 0 saturated heterocycles. The molecule has 0 spiro atoms. The summed E-state index contributed by atoms with van der Waals surface area (Å²) in [4.78, 5) is 24.4. The van der Waals surface area contributed by atoms with Crippen molar-refractivity contribution in [2.45, 2.75) is 33.6 Å². The molecule has 2 rings (SSSR count). The molecule has 0 amide bonds. The lowest BCUT2D eigenvalue weighted by Gasteiger charge is -2.38. The second-order valence-electron chi connectivity index (χ2n) is 6.51. The molecule has 4 nitrogen and oxygen atoms in total. The highest BCUT2D eigenvalue weighted by Gasteiger charge is 2.55. The summed E-state index contributed by atoms with van der Waals surface area (Å²) in [5, 5.41) is 0. The first-order valence-corrected chi connectivity index (χ1v) is 6.83. The summed E-state index contributed by atoms with van der Waals surface area (Å²) in [5.74, 6) is -0.898. The highest BCUT2D eigenvalue weighted by Crippen LogP contribution is 2.54. The third-order valence-corrected chi connectivity index (χ3v) is 4.53. The molecule has 0 aromatic heterocycles. The molecule has 1 atom stereocenters. The molecule has 1 unspecified atom stereocenters. The fourth-order valence-corrected chi connectivity index (χ4v) is 3.66. The van der Waals surface area contributed by atoms with Gasteiger partial charge in [0.1, 0.15) is 0 Å². The predicted molar refractivity (Wildman–Crippen MR) is 74.8 cm³/mol. The standard InChI is InChI=1S/C16H22O4/c1-10-6-11-8-16(13(17)19-4,14(18)20-5)9-12(11)15(2,3)7-10/h6,8,12H,7,9H2,1-5H3. The summed E-state index contributed by atoms with van der Waals surface area (Å²) in [6.45, 7) is 6.42. The molecule has 2 aliphatic carbocycles. The normalized spacial score (nSPS) is 26.1. The van der Waals surface area contributed by atoms with Gasteiger partial charge in [0.05, 0.1) is 14.2 Å². The van der Waals surface area contributed by atoms with Gasteiger partial charge in [-0.25, -0.2) is 0 Å². The van der Waals surface area contributed by atoms with Crippen LogP contribution in [0.15, 0.2) is 23.3 Å². The number of rotatable bonds is 2. The van der Waals surface area contributed by atoms with Crippen molar-refractivity contribution in [3.8, 4) is 0 Å². The zero-order valence-electron chi connectivity index (χ0n) is 12.8. The molecule has 110 valence electrons. The van der Waals surface area contributed by atoms with Crippen LogP contribution in [0, 0.1) is 16.7 Å². The Bertz CT molecular complexity index is 495. The summed E-state index contributed by atoms with van der Waals surface area (Å²) in [7, 11) is 2.61. The second-order valence-corrected chi connectivity index (χ2v) is 6.51. The van der Waals surface area contributed by atoms with Gasteiger partial charge in [-0.15, -0.1) is 0 Å². The van der Waals surface area contributed by atoms with Crippen LogP contribution in [-0.4, -0.2) is 26.2 Å². The average Bonchev–Trinajstić information content (AvgIpc) is 2.77. The minimum absolute atomic E-state index is 0.0223. The van der Waals surface area contributed by atoms with E-state index in [1.807, 2.05) is 0 Å². The molecule has 0 fully saturated rings. The van der Waals surface area contributed by atoms with Gasteiger partial charge < -0.3 is 9.47 Å². The van der Waals surface area contributed by atoms with Gasteiger partial charge in [-0.3, -0.25) is 9.59 Å². The minimum Gasteiger partial charge on any atom is -0.468 e. The number of methoxy groups -OCH3 is 2. The highest BCUT2D eigenvalue weighted by atomic mass is 16.5. The number of ether oxygens (including phenoxy) is 2. The Labute approximate surface area is 119 Å². The number of hydrogen-bond acceptors (Lipinski definition) is 4. The van der Waals surface area contributed by atoms with Gasteiger partial charge in [-0.2, -0.15) is 0 Å². The number of fused-ring (bicyclic) bond motifs is 1. The molecule has 20 heavy (non-hydrogen) atoms. The summed E-state index contributed by atoms with van der Waals surface area (Å²) < 4.78 is 9.71. The van der Waals surface area contributed by atoms with E-state index >= 15 is 0 Å². The third-order valence-electron chi connectivity index (χ3n) is 4.53. The van der Waals surface area contributed by atoms with Crippen LogP contribution in [0.25, 0.3) is 0 Å². The van der Waals surface area contributed by atoms with Gasteiger partial charge in [0.25, 0.3) is 0 Å². The summed E-state index contributed by atoms with van der Waals surface area (Å²) in [6.07, 6.45) is 5.23. The Kier molecular flexibility index (Phi) is 3.53. The fourth-order valence-electron chi connectivity index (χ4n) is 3.66. The van der Waals surface area contributed by atoms with E-state index in [2.05, 4.69) is 26.8 Å². The maximum absolute atomic E-state index is 12.2. The highest BCUT2D eigenvalue weighted by molar-refractivity contribution is 6.03. The van der Waals surface area contributed by atoms with Crippen molar-refractivity contribution in [3.05, 3.63) is 23.3 Å². The van der Waals surface area contributed by atoms with Crippen LogP contribution in [0.5, 0.6) is 0 Å². The van der Waals surface area contributed by atoms with Crippen molar-refractivity contribution in [1.29, 1.82) is 0 Å². The van der Waals surface area contributed by atoms with E-state index in [1.165, 1.54) is 19.8 Å². The Morgan fingerprint density at radius 3 is 2.25 bits per heavy atom. The number of carbonyl (C=O) groups is 2. The quantitative estimate of drug-likeness (QED) is 0.575. The molecular formula is C16H22O4. The largest absolute Gasteiger partial charge is 0.468 e. The maximum atomic E-state index is 12.2.